The highest BCUT2D eigenvalue weighted by molar-refractivity contribution is 5.99. The fourth-order valence-corrected chi connectivity index (χ4v) is 1.77. The Labute approximate surface area is 126 Å². The van der Waals surface area contributed by atoms with Crippen molar-refractivity contribution in [3.8, 4) is 5.75 Å². The van der Waals surface area contributed by atoms with Crippen LogP contribution in [0.4, 0.5) is 10.1 Å². The summed E-state index contributed by atoms with van der Waals surface area (Å²) in [6.07, 6.45) is 0. The number of hydrogen-bond donors (Lipinski definition) is 2. The number of benzene rings is 2. The number of hydrogen-bond acceptors (Lipinski definition) is 4. The topological polar surface area (TPSA) is 81.4 Å². The number of rotatable bonds is 6. The normalized spacial score (nSPS) is 10.1. The molecule has 0 saturated heterocycles. The first-order valence-corrected chi connectivity index (χ1v) is 6.60. The van der Waals surface area contributed by atoms with Gasteiger partial charge in [-0.2, -0.15) is 0 Å². The average molecular weight is 302 g/mol. The molecule has 0 radical (unpaired) electrons. The summed E-state index contributed by atoms with van der Waals surface area (Å²) in [6, 6.07) is 11.8. The van der Waals surface area contributed by atoms with E-state index in [-0.39, 0.29) is 30.7 Å². The van der Waals surface area contributed by atoms with Crippen molar-refractivity contribution in [2.75, 3.05) is 18.5 Å². The van der Waals surface area contributed by atoms with Gasteiger partial charge in [0.05, 0.1) is 6.54 Å². The summed E-state index contributed by atoms with van der Waals surface area (Å²) in [5, 5.41) is 2.61. The number of halogens is 1. The van der Waals surface area contributed by atoms with E-state index in [0.717, 1.165) is 0 Å². The van der Waals surface area contributed by atoms with Crippen LogP contribution >= 0.6 is 0 Å². The SMILES string of the molecule is NCC(=O)c1cccc(NC(=O)COc2ccc(F)cc2)c1. The number of Topliss-reactive ketones (excluding diaryl/α,β-unsaturated/α-hetero) is 1. The zero-order valence-electron chi connectivity index (χ0n) is 11.7. The molecule has 0 spiro atoms. The van der Waals surface area contributed by atoms with Gasteiger partial charge in [0.15, 0.2) is 12.4 Å². The van der Waals surface area contributed by atoms with Gasteiger partial charge in [0, 0.05) is 11.3 Å². The highest BCUT2D eigenvalue weighted by atomic mass is 19.1. The lowest BCUT2D eigenvalue weighted by Gasteiger charge is -2.08. The molecule has 0 heterocycles. The first kappa shape index (κ1) is 15.7. The first-order chi connectivity index (χ1) is 10.6. The fraction of sp³-hybridized carbons (Fsp3) is 0.125. The molecule has 22 heavy (non-hydrogen) atoms. The molecule has 2 aromatic carbocycles. The Hall–Kier alpha value is -2.73. The Morgan fingerprint density at radius 2 is 1.86 bits per heavy atom. The molecular formula is C16H15FN2O3. The van der Waals surface area contributed by atoms with Gasteiger partial charge in [-0.05, 0) is 36.4 Å². The van der Waals surface area contributed by atoms with Gasteiger partial charge in [-0.1, -0.05) is 12.1 Å². The number of amides is 1. The molecule has 1 amide bonds. The molecule has 2 rings (SSSR count). The maximum absolute atomic E-state index is 12.7. The van der Waals surface area contributed by atoms with Crippen LogP contribution in [0.5, 0.6) is 5.75 Å². The van der Waals surface area contributed by atoms with E-state index in [9.17, 15) is 14.0 Å². The van der Waals surface area contributed by atoms with E-state index < -0.39 is 0 Å². The fourth-order valence-electron chi connectivity index (χ4n) is 1.77. The maximum Gasteiger partial charge on any atom is 0.262 e. The number of nitrogens with two attached hydrogens (primary N) is 1. The van der Waals surface area contributed by atoms with Crippen LogP contribution in [0.3, 0.4) is 0 Å². The molecule has 0 atom stereocenters. The number of anilines is 1. The summed E-state index contributed by atoms with van der Waals surface area (Å²) >= 11 is 0. The van der Waals surface area contributed by atoms with Crippen LogP contribution in [0.1, 0.15) is 10.4 Å². The molecule has 114 valence electrons. The zero-order valence-corrected chi connectivity index (χ0v) is 11.7. The average Bonchev–Trinajstić information content (AvgIpc) is 2.54. The minimum absolute atomic E-state index is 0.0922. The lowest BCUT2D eigenvalue weighted by Crippen LogP contribution is -2.20. The number of nitrogens with one attached hydrogen (secondary N) is 1. The number of ketones is 1. The quantitative estimate of drug-likeness (QED) is 0.800. The van der Waals surface area contributed by atoms with Crippen molar-refractivity contribution < 1.29 is 18.7 Å². The summed E-state index contributed by atoms with van der Waals surface area (Å²) in [4.78, 5) is 23.3. The van der Waals surface area contributed by atoms with Crippen LogP contribution in [0.15, 0.2) is 48.5 Å². The third-order valence-corrected chi connectivity index (χ3v) is 2.84. The lowest BCUT2D eigenvalue weighted by atomic mass is 10.1. The second kappa shape index (κ2) is 7.33. The van der Waals surface area contributed by atoms with Crippen LogP contribution in [0, 0.1) is 5.82 Å². The molecule has 0 aliphatic rings. The lowest BCUT2D eigenvalue weighted by molar-refractivity contribution is -0.118. The third kappa shape index (κ3) is 4.39. The van der Waals surface area contributed by atoms with Gasteiger partial charge >= 0.3 is 0 Å². The minimum atomic E-state index is -0.387. The third-order valence-electron chi connectivity index (χ3n) is 2.84. The van der Waals surface area contributed by atoms with Crippen molar-refractivity contribution in [1.29, 1.82) is 0 Å². The molecule has 6 heteroatoms. The van der Waals surface area contributed by atoms with Crippen molar-refractivity contribution in [3.05, 3.63) is 59.9 Å². The number of carbonyl (C=O) groups is 2. The van der Waals surface area contributed by atoms with E-state index in [2.05, 4.69) is 5.32 Å². The van der Waals surface area contributed by atoms with Gasteiger partial charge in [-0.25, -0.2) is 4.39 Å². The summed E-state index contributed by atoms with van der Waals surface area (Å²) in [6.45, 7) is -0.314. The first-order valence-electron chi connectivity index (χ1n) is 6.60. The monoisotopic (exact) mass is 302 g/mol. The predicted octanol–water partition coefficient (Wildman–Crippen LogP) is 1.98. The van der Waals surface area contributed by atoms with E-state index in [1.807, 2.05) is 0 Å². The van der Waals surface area contributed by atoms with Crippen LogP contribution < -0.4 is 15.8 Å². The molecule has 0 saturated carbocycles. The molecular weight excluding hydrogens is 287 g/mol. The standard InChI is InChI=1S/C16H15FN2O3/c17-12-4-6-14(7-5-12)22-10-16(21)19-13-3-1-2-11(8-13)15(20)9-18/h1-8H,9-10,18H2,(H,19,21). The highest BCUT2D eigenvalue weighted by Gasteiger charge is 2.07. The van der Waals surface area contributed by atoms with Gasteiger partial charge < -0.3 is 15.8 Å². The van der Waals surface area contributed by atoms with Crippen LogP contribution in [0.2, 0.25) is 0 Å². The summed E-state index contributed by atoms with van der Waals surface area (Å²) in [7, 11) is 0. The van der Waals surface area contributed by atoms with Gasteiger partial charge in [0.25, 0.3) is 5.91 Å². The molecule has 0 bridgehead atoms. The van der Waals surface area contributed by atoms with E-state index in [1.165, 1.54) is 24.3 Å². The van der Waals surface area contributed by atoms with Crippen LogP contribution in [0.25, 0.3) is 0 Å². The smallest absolute Gasteiger partial charge is 0.262 e. The number of ether oxygens (including phenoxy) is 1. The van der Waals surface area contributed by atoms with Crippen molar-refractivity contribution in [2.24, 2.45) is 5.73 Å². The van der Waals surface area contributed by atoms with Gasteiger partial charge in [0.1, 0.15) is 11.6 Å². The Morgan fingerprint density at radius 1 is 1.14 bits per heavy atom. The largest absolute Gasteiger partial charge is 0.484 e. The Kier molecular flexibility index (Phi) is 5.21. The van der Waals surface area contributed by atoms with Crippen molar-refractivity contribution in [3.63, 3.8) is 0 Å². The molecule has 0 fully saturated rings. The second-order valence-electron chi connectivity index (χ2n) is 4.50. The molecule has 0 aromatic heterocycles. The van der Waals surface area contributed by atoms with Crippen LogP contribution in [-0.2, 0) is 4.79 Å². The van der Waals surface area contributed by atoms with Crippen molar-refractivity contribution in [1.82, 2.24) is 0 Å². The molecule has 5 nitrogen and oxygen atoms in total. The molecule has 0 aliphatic heterocycles. The molecule has 0 unspecified atom stereocenters. The summed E-state index contributed by atoms with van der Waals surface area (Å²) in [5.74, 6) is -0.581. The maximum atomic E-state index is 12.7. The predicted molar refractivity (Wildman–Crippen MR) is 80.4 cm³/mol. The number of carbonyl (C=O) groups excluding carboxylic acids is 2. The highest BCUT2D eigenvalue weighted by Crippen LogP contribution is 2.13. The zero-order chi connectivity index (χ0) is 15.9. The Balaban J connectivity index is 1.91. The van der Waals surface area contributed by atoms with E-state index in [1.54, 1.807) is 24.3 Å². The van der Waals surface area contributed by atoms with E-state index in [4.69, 9.17) is 10.5 Å². The van der Waals surface area contributed by atoms with Gasteiger partial charge in [-0.3, -0.25) is 9.59 Å². The van der Waals surface area contributed by atoms with Crippen molar-refractivity contribution >= 4 is 17.4 Å². The molecule has 0 aliphatic carbocycles. The molecule has 3 N–H and O–H groups in total. The Morgan fingerprint density at radius 3 is 2.55 bits per heavy atom. The minimum Gasteiger partial charge on any atom is -0.484 e. The van der Waals surface area contributed by atoms with E-state index in [0.29, 0.717) is 17.0 Å². The molecule has 2 aromatic rings. The summed E-state index contributed by atoms with van der Waals surface area (Å²) in [5.41, 5.74) is 6.20. The Bertz CT molecular complexity index is 671. The second-order valence-corrected chi connectivity index (χ2v) is 4.50. The van der Waals surface area contributed by atoms with Gasteiger partial charge in [0.2, 0.25) is 0 Å². The van der Waals surface area contributed by atoms with Crippen LogP contribution in [-0.4, -0.2) is 24.8 Å². The summed E-state index contributed by atoms with van der Waals surface area (Å²) < 4.78 is 18.0. The van der Waals surface area contributed by atoms with E-state index >= 15 is 0 Å². The van der Waals surface area contributed by atoms with Crippen molar-refractivity contribution in [2.45, 2.75) is 0 Å². The van der Waals surface area contributed by atoms with Gasteiger partial charge in [-0.15, -0.1) is 0 Å².